The summed E-state index contributed by atoms with van der Waals surface area (Å²) in [5.74, 6) is -0.449. The molecule has 8 heteroatoms. The van der Waals surface area contributed by atoms with E-state index >= 15 is 0 Å². The van der Waals surface area contributed by atoms with Gasteiger partial charge in [-0.15, -0.1) is 0 Å². The van der Waals surface area contributed by atoms with Crippen molar-refractivity contribution in [2.24, 2.45) is 0 Å². The van der Waals surface area contributed by atoms with Crippen LogP contribution in [0.5, 0.6) is 0 Å². The maximum absolute atomic E-state index is 14.0. The van der Waals surface area contributed by atoms with Crippen molar-refractivity contribution in [3.63, 3.8) is 0 Å². The van der Waals surface area contributed by atoms with Crippen LogP contribution in [0.2, 0.25) is 0 Å². The van der Waals surface area contributed by atoms with Crippen LogP contribution in [-0.4, -0.2) is 56.2 Å². The van der Waals surface area contributed by atoms with Crippen molar-refractivity contribution < 1.29 is 14.3 Å². The highest BCUT2D eigenvalue weighted by molar-refractivity contribution is 5.74. The average Bonchev–Trinajstić information content (AvgIpc) is 2.81. The molecular weight excluding hydrogens is 423 g/mol. The zero-order valence-electron chi connectivity index (χ0n) is 18.5. The predicted octanol–water partition coefficient (Wildman–Crippen LogP) is 3.13. The molecule has 1 aliphatic heterocycles. The van der Waals surface area contributed by atoms with Gasteiger partial charge in [0.2, 0.25) is 0 Å². The Morgan fingerprint density at radius 2 is 1.79 bits per heavy atom. The molecule has 1 N–H and O–H groups in total. The molecule has 1 saturated heterocycles. The van der Waals surface area contributed by atoms with Crippen LogP contribution in [0.1, 0.15) is 18.4 Å². The fourth-order valence-electron chi connectivity index (χ4n) is 4.12. The van der Waals surface area contributed by atoms with Gasteiger partial charge in [-0.1, -0.05) is 42.5 Å². The van der Waals surface area contributed by atoms with Crippen LogP contribution in [0.4, 0.5) is 9.18 Å². The summed E-state index contributed by atoms with van der Waals surface area (Å²) in [6, 6.07) is 17.1. The van der Waals surface area contributed by atoms with E-state index in [-0.39, 0.29) is 29.4 Å². The van der Waals surface area contributed by atoms with E-state index in [2.05, 4.69) is 4.98 Å². The molecule has 2 heterocycles. The molecule has 33 heavy (non-hydrogen) atoms. The van der Waals surface area contributed by atoms with E-state index in [9.17, 15) is 19.1 Å². The van der Waals surface area contributed by atoms with E-state index in [0.717, 1.165) is 5.56 Å². The average molecular weight is 451 g/mol. The number of rotatable bonds is 5. The summed E-state index contributed by atoms with van der Waals surface area (Å²) in [5, 5.41) is 11.1. The van der Waals surface area contributed by atoms with E-state index in [1.54, 1.807) is 35.0 Å². The highest BCUT2D eigenvalue weighted by atomic mass is 19.1. The lowest BCUT2D eigenvalue weighted by Crippen LogP contribution is -2.52. The van der Waals surface area contributed by atoms with Crippen molar-refractivity contribution >= 4 is 6.03 Å². The van der Waals surface area contributed by atoms with Gasteiger partial charge in [-0.3, -0.25) is 9.36 Å². The number of aliphatic hydroxyl groups is 1. The van der Waals surface area contributed by atoms with Crippen molar-refractivity contribution in [2.75, 3.05) is 20.1 Å². The fraction of sp³-hybridized carbons (Fsp3) is 0.320. The number of hydrogen-bond donors (Lipinski definition) is 1. The normalized spacial score (nSPS) is 15.3. The Labute approximate surface area is 191 Å². The van der Waals surface area contributed by atoms with E-state index in [1.165, 1.54) is 23.0 Å². The number of aromatic nitrogens is 2. The molecule has 1 fully saturated rings. The monoisotopic (exact) mass is 450 g/mol. The topological polar surface area (TPSA) is 78.7 Å². The lowest BCUT2D eigenvalue weighted by Gasteiger charge is -2.39. The summed E-state index contributed by atoms with van der Waals surface area (Å²) >= 11 is 0. The van der Waals surface area contributed by atoms with Crippen LogP contribution in [0.25, 0.3) is 11.3 Å². The molecule has 7 nitrogen and oxygen atoms in total. The summed E-state index contributed by atoms with van der Waals surface area (Å²) in [5.41, 5.74) is 0.0697. The van der Waals surface area contributed by atoms with Gasteiger partial charge in [-0.2, -0.15) is 0 Å². The van der Waals surface area contributed by atoms with Crippen LogP contribution in [-0.2, 0) is 13.1 Å². The van der Waals surface area contributed by atoms with Gasteiger partial charge >= 0.3 is 6.03 Å². The zero-order chi connectivity index (χ0) is 23.4. The summed E-state index contributed by atoms with van der Waals surface area (Å²) in [6.45, 7) is 1.36. The number of nitrogens with zero attached hydrogens (tertiary/aromatic N) is 4. The molecule has 0 unspecified atom stereocenters. The first kappa shape index (κ1) is 22.7. The maximum Gasteiger partial charge on any atom is 0.320 e. The molecule has 0 bridgehead atoms. The van der Waals surface area contributed by atoms with Crippen molar-refractivity contribution in [3.8, 4) is 11.3 Å². The number of urea groups is 1. The second kappa shape index (κ2) is 9.54. The molecule has 1 aromatic heterocycles. The predicted molar refractivity (Wildman–Crippen MR) is 123 cm³/mol. The summed E-state index contributed by atoms with van der Waals surface area (Å²) in [7, 11) is 1.76. The van der Waals surface area contributed by atoms with Gasteiger partial charge in [0.05, 0.1) is 24.2 Å². The molecule has 172 valence electrons. The van der Waals surface area contributed by atoms with Gasteiger partial charge in [0.25, 0.3) is 5.56 Å². The van der Waals surface area contributed by atoms with Crippen LogP contribution in [0, 0.1) is 5.82 Å². The fourth-order valence-corrected chi connectivity index (χ4v) is 4.12. The van der Waals surface area contributed by atoms with Gasteiger partial charge in [-0.05, 0) is 30.5 Å². The molecule has 4 rings (SSSR count). The lowest BCUT2D eigenvalue weighted by molar-refractivity contribution is -0.0289. The Balaban J connectivity index is 1.37. The molecule has 3 aromatic rings. The number of carbonyl (C=O) groups excluding carboxylic acids is 1. The smallest absolute Gasteiger partial charge is 0.320 e. The van der Waals surface area contributed by atoms with Gasteiger partial charge in [0.15, 0.2) is 0 Å². The Hall–Kier alpha value is -3.52. The number of hydrogen-bond acceptors (Lipinski definition) is 4. The molecule has 2 amide bonds. The standard InChI is InChI=1S/C25H27FN4O3/c1-28(16-19-7-3-2-4-8-19)24(32)29-13-11-25(33,12-14-29)17-30-18-27-22(15-23(30)31)20-9-5-6-10-21(20)26/h2-10,15,18,33H,11-14,16-17H2,1H3. The highest BCUT2D eigenvalue weighted by Gasteiger charge is 2.35. The third-order valence-corrected chi connectivity index (χ3v) is 6.05. The first-order chi connectivity index (χ1) is 15.8. The zero-order valence-corrected chi connectivity index (χ0v) is 18.5. The number of halogens is 1. The number of carbonyl (C=O) groups is 1. The van der Waals surface area contributed by atoms with E-state index in [1.807, 2.05) is 30.3 Å². The van der Waals surface area contributed by atoms with E-state index in [4.69, 9.17) is 0 Å². The minimum Gasteiger partial charge on any atom is -0.388 e. The largest absolute Gasteiger partial charge is 0.388 e. The first-order valence-corrected chi connectivity index (χ1v) is 10.9. The minimum absolute atomic E-state index is 0.0677. The summed E-state index contributed by atoms with van der Waals surface area (Å²) in [4.78, 5) is 33.0. The van der Waals surface area contributed by atoms with Gasteiger partial charge in [-0.25, -0.2) is 14.2 Å². The third-order valence-electron chi connectivity index (χ3n) is 6.05. The molecule has 0 atom stereocenters. The van der Waals surface area contributed by atoms with E-state index in [0.29, 0.717) is 32.5 Å². The Kier molecular flexibility index (Phi) is 6.55. The second-order valence-electron chi connectivity index (χ2n) is 8.56. The lowest BCUT2D eigenvalue weighted by atomic mass is 9.91. The first-order valence-electron chi connectivity index (χ1n) is 10.9. The summed E-state index contributed by atoms with van der Waals surface area (Å²) < 4.78 is 15.3. The van der Waals surface area contributed by atoms with Crippen LogP contribution in [0.15, 0.2) is 71.8 Å². The van der Waals surface area contributed by atoms with Crippen LogP contribution >= 0.6 is 0 Å². The van der Waals surface area contributed by atoms with Crippen molar-refractivity contribution in [1.29, 1.82) is 0 Å². The van der Waals surface area contributed by atoms with Crippen molar-refractivity contribution in [2.45, 2.75) is 31.5 Å². The van der Waals surface area contributed by atoms with Crippen molar-refractivity contribution in [3.05, 3.63) is 88.7 Å². The number of amides is 2. The minimum atomic E-state index is -1.13. The van der Waals surface area contributed by atoms with Crippen molar-refractivity contribution in [1.82, 2.24) is 19.4 Å². The Morgan fingerprint density at radius 3 is 2.45 bits per heavy atom. The third kappa shape index (κ3) is 5.28. The van der Waals surface area contributed by atoms with Gasteiger partial charge < -0.3 is 14.9 Å². The number of likely N-dealkylation sites (tertiary alicyclic amines) is 1. The second-order valence-corrected chi connectivity index (χ2v) is 8.56. The quantitative estimate of drug-likeness (QED) is 0.648. The van der Waals surface area contributed by atoms with Crippen LogP contribution in [0.3, 0.4) is 0 Å². The summed E-state index contributed by atoms with van der Waals surface area (Å²) in [6.07, 6.45) is 2.03. The maximum atomic E-state index is 14.0. The molecule has 1 aliphatic rings. The molecule has 0 radical (unpaired) electrons. The Morgan fingerprint density at radius 1 is 1.12 bits per heavy atom. The molecule has 2 aromatic carbocycles. The number of piperidine rings is 1. The molecule has 0 saturated carbocycles. The number of benzene rings is 2. The highest BCUT2D eigenvalue weighted by Crippen LogP contribution is 2.25. The van der Waals surface area contributed by atoms with Gasteiger partial charge in [0, 0.05) is 38.3 Å². The molecule has 0 spiro atoms. The SMILES string of the molecule is CN(Cc1ccccc1)C(=O)N1CCC(O)(Cn2cnc(-c3ccccc3F)cc2=O)CC1. The Bertz CT molecular complexity index is 1170. The molecule has 0 aliphatic carbocycles. The van der Waals surface area contributed by atoms with Crippen LogP contribution < -0.4 is 5.56 Å². The van der Waals surface area contributed by atoms with Gasteiger partial charge in [0.1, 0.15) is 5.82 Å². The molecular formula is C25H27FN4O3. The van der Waals surface area contributed by atoms with E-state index < -0.39 is 11.4 Å².